The number of benzene rings is 1. The van der Waals surface area contributed by atoms with E-state index in [-0.39, 0.29) is 6.04 Å². The second kappa shape index (κ2) is 7.71. The number of rotatable bonds is 5. The molecule has 0 spiro atoms. The van der Waals surface area contributed by atoms with Gasteiger partial charge in [-0.05, 0) is 30.7 Å². The molecule has 0 aliphatic carbocycles. The topological polar surface area (TPSA) is 68.9 Å². The maximum Gasteiger partial charge on any atom is 0.417 e. The van der Waals surface area contributed by atoms with Gasteiger partial charge in [-0.2, -0.15) is 13.2 Å². The molecule has 1 amide bonds. The number of imidazole rings is 1. The highest BCUT2D eigenvalue weighted by Crippen LogP contribution is 2.28. The van der Waals surface area contributed by atoms with Crippen LogP contribution in [0.3, 0.4) is 0 Å². The molecule has 1 aromatic carbocycles. The summed E-state index contributed by atoms with van der Waals surface area (Å²) in [7, 11) is 0. The molecule has 3 aromatic rings. The van der Waals surface area contributed by atoms with Gasteiger partial charge in [0, 0.05) is 30.3 Å². The molecule has 0 aliphatic heterocycles. The zero-order valence-electron chi connectivity index (χ0n) is 14.8. The molecule has 28 heavy (non-hydrogen) atoms. The summed E-state index contributed by atoms with van der Waals surface area (Å²) in [6, 6.07) is 8.49. The molecule has 6 nitrogen and oxygen atoms in total. The number of aromatic nitrogens is 3. The third-order valence-electron chi connectivity index (χ3n) is 4.20. The number of carbonyl (C=O) groups excluding carboxylic acids is 1. The molecule has 1 N–H and O–H groups in total. The SMILES string of the molecule is C[C@@H](NC(=O)Cn1cc(C(F)(F)F)ccc1=O)c1ccc(-n2ccnc2)cc1. The normalized spacial score (nSPS) is 12.6. The monoisotopic (exact) mass is 390 g/mol. The van der Waals surface area contributed by atoms with E-state index in [2.05, 4.69) is 10.3 Å². The lowest BCUT2D eigenvalue weighted by atomic mass is 10.1. The number of pyridine rings is 1. The average molecular weight is 390 g/mol. The molecule has 0 bridgehead atoms. The van der Waals surface area contributed by atoms with Crippen molar-refractivity contribution in [1.82, 2.24) is 19.4 Å². The molecular weight excluding hydrogens is 373 g/mol. The van der Waals surface area contributed by atoms with Gasteiger partial charge in [0.2, 0.25) is 5.91 Å². The Morgan fingerprint density at radius 3 is 2.50 bits per heavy atom. The van der Waals surface area contributed by atoms with Gasteiger partial charge in [-0.1, -0.05) is 12.1 Å². The van der Waals surface area contributed by atoms with Gasteiger partial charge in [0.1, 0.15) is 6.54 Å². The van der Waals surface area contributed by atoms with E-state index in [1.54, 1.807) is 25.6 Å². The van der Waals surface area contributed by atoms with Crippen molar-refractivity contribution in [1.29, 1.82) is 0 Å². The van der Waals surface area contributed by atoms with E-state index in [0.717, 1.165) is 21.9 Å². The summed E-state index contributed by atoms with van der Waals surface area (Å²) in [6.07, 6.45) is 1.18. The van der Waals surface area contributed by atoms with E-state index in [1.165, 1.54) is 0 Å². The first-order valence-electron chi connectivity index (χ1n) is 8.39. The highest BCUT2D eigenvalue weighted by molar-refractivity contribution is 5.76. The Kier molecular flexibility index (Phi) is 5.34. The van der Waals surface area contributed by atoms with Crippen molar-refractivity contribution in [2.45, 2.75) is 25.7 Å². The fourth-order valence-corrected chi connectivity index (χ4v) is 2.69. The lowest BCUT2D eigenvalue weighted by Gasteiger charge is -2.16. The smallest absolute Gasteiger partial charge is 0.348 e. The molecule has 9 heteroatoms. The number of nitrogens with zero attached hydrogens (tertiary/aromatic N) is 3. The Morgan fingerprint density at radius 1 is 1.18 bits per heavy atom. The Morgan fingerprint density at radius 2 is 1.89 bits per heavy atom. The molecule has 2 aromatic heterocycles. The van der Waals surface area contributed by atoms with E-state index in [9.17, 15) is 22.8 Å². The number of hydrogen-bond donors (Lipinski definition) is 1. The molecule has 0 unspecified atom stereocenters. The Bertz CT molecular complexity index is 1010. The van der Waals surface area contributed by atoms with E-state index in [4.69, 9.17) is 0 Å². The number of amides is 1. The Balaban J connectivity index is 1.67. The summed E-state index contributed by atoms with van der Waals surface area (Å²) in [5.74, 6) is -0.562. The molecule has 0 fully saturated rings. The molecule has 0 saturated carbocycles. The third kappa shape index (κ3) is 4.48. The van der Waals surface area contributed by atoms with Crippen LogP contribution in [0.15, 0.2) is 66.1 Å². The molecule has 0 saturated heterocycles. The first-order valence-corrected chi connectivity index (χ1v) is 8.39. The van der Waals surface area contributed by atoms with Crippen LogP contribution >= 0.6 is 0 Å². The van der Waals surface area contributed by atoms with Crippen molar-refractivity contribution in [2.75, 3.05) is 0 Å². The van der Waals surface area contributed by atoms with Gasteiger partial charge in [0.15, 0.2) is 0 Å². The second-order valence-electron chi connectivity index (χ2n) is 6.23. The summed E-state index contributed by atoms with van der Waals surface area (Å²) in [5.41, 5.74) is 0.0485. The maximum atomic E-state index is 12.8. The summed E-state index contributed by atoms with van der Waals surface area (Å²) in [5, 5.41) is 2.69. The predicted molar refractivity (Wildman–Crippen MR) is 95.8 cm³/mol. The van der Waals surface area contributed by atoms with Gasteiger partial charge in [0.25, 0.3) is 5.56 Å². The molecule has 0 aliphatic rings. The van der Waals surface area contributed by atoms with Crippen molar-refractivity contribution in [3.8, 4) is 5.69 Å². The predicted octanol–water partition coefficient (Wildman–Crippen LogP) is 2.93. The zero-order valence-corrected chi connectivity index (χ0v) is 14.8. The fraction of sp³-hybridized carbons (Fsp3) is 0.211. The quantitative estimate of drug-likeness (QED) is 0.728. The molecule has 146 valence electrons. The van der Waals surface area contributed by atoms with E-state index in [1.807, 2.05) is 28.8 Å². The van der Waals surface area contributed by atoms with Crippen LogP contribution in [-0.2, 0) is 17.5 Å². The number of hydrogen-bond acceptors (Lipinski definition) is 3. The van der Waals surface area contributed by atoms with Gasteiger partial charge in [-0.3, -0.25) is 9.59 Å². The van der Waals surface area contributed by atoms with Crippen molar-refractivity contribution >= 4 is 5.91 Å². The van der Waals surface area contributed by atoms with Crippen LogP contribution in [0, 0.1) is 0 Å². The first-order chi connectivity index (χ1) is 13.2. The minimum atomic E-state index is -4.59. The number of alkyl halides is 3. The van der Waals surface area contributed by atoms with Crippen LogP contribution in [0.5, 0.6) is 0 Å². The second-order valence-corrected chi connectivity index (χ2v) is 6.23. The highest BCUT2D eigenvalue weighted by Gasteiger charge is 2.31. The number of halogens is 3. The lowest BCUT2D eigenvalue weighted by molar-refractivity contribution is -0.138. The Labute approximate surface area is 158 Å². The summed E-state index contributed by atoms with van der Waals surface area (Å²) in [4.78, 5) is 27.9. The van der Waals surface area contributed by atoms with E-state index >= 15 is 0 Å². The molecule has 3 rings (SSSR count). The van der Waals surface area contributed by atoms with Crippen molar-refractivity contribution in [2.24, 2.45) is 0 Å². The highest BCUT2D eigenvalue weighted by atomic mass is 19.4. The van der Waals surface area contributed by atoms with Crippen LogP contribution in [-0.4, -0.2) is 20.0 Å². The van der Waals surface area contributed by atoms with Crippen LogP contribution in [0.2, 0.25) is 0 Å². The van der Waals surface area contributed by atoms with Crippen LogP contribution < -0.4 is 10.9 Å². The van der Waals surface area contributed by atoms with Gasteiger partial charge in [-0.15, -0.1) is 0 Å². The van der Waals surface area contributed by atoms with Crippen molar-refractivity contribution < 1.29 is 18.0 Å². The molecule has 2 heterocycles. The summed E-state index contributed by atoms with van der Waals surface area (Å²) in [6.45, 7) is 1.25. The largest absolute Gasteiger partial charge is 0.417 e. The van der Waals surface area contributed by atoms with Crippen LogP contribution in [0.1, 0.15) is 24.1 Å². The third-order valence-corrected chi connectivity index (χ3v) is 4.20. The average Bonchev–Trinajstić information content (AvgIpc) is 3.17. The van der Waals surface area contributed by atoms with Crippen molar-refractivity contribution in [3.05, 3.63) is 82.8 Å². The molecule has 0 radical (unpaired) electrons. The van der Waals surface area contributed by atoms with Crippen LogP contribution in [0.25, 0.3) is 5.69 Å². The standard InChI is InChI=1S/C19H17F3N4O2/c1-13(14-2-5-16(6-3-14)25-9-8-23-12-25)24-17(27)11-26-10-15(19(20,21)22)4-7-18(26)28/h2-10,12-13H,11H2,1H3,(H,24,27)/t13-/m1/s1. The van der Waals surface area contributed by atoms with Gasteiger partial charge in [-0.25, -0.2) is 4.98 Å². The fourth-order valence-electron chi connectivity index (χ4n) is 2.69. The lowest BCUT2D eigenvalue weighted by Crippen LogP contribution is -2.34. The zero-order chi connectivity index (χ0) is 20.3. The Hall–Kier alpha value is -3.36. The molecule has 1 atom stereocenters. The number of nitrogens with one attached hydrogen (secondary N) is 1. The van der Waals surface area contributed by atoms with Gasteiger partial charge >= 0.3 is 6.18 Å². The van der Waals surface area contributed by atoms with E-state index in [0.29, 0.717) is 12.3 Å². The van der Waals surface area contributed by atoms with Crippen molar-refractivity contribution in [3.63, 3.8) is 0 Å². The number of carbonyl (C=O) groups is 1. The van der Waals surface area contributed by atoms with Gasteiger partial charge < -0.3 is 14.5 Å². The summed E-state index contributed by atoms with van der Waals surface area (Å²) < 4.78 is 40.9. The maximum absolute atomic E-state index is 12.8. The minimum Gasteiger partial charge on any atom is -0.348 e. The van der Waals surface area contributed by atoms with Crippen LogP contribution in [0.4, 0.5) is 13.2 Å². The van der Waals surface area contributed by atoms with Gasteiger partial charge in [0.05, 0.1) is 17.9 Å². The molecular formula is C19H17F3N4O2. The summed E-state index contributed by atoms with van der Waals surface area (Å²) >= 11 is 0. The van der Waals surface area contributed by atoms with E-state index < -0.39 is 29.8 Å². The first kappa shape index (κ1) is 19.4. The minimum absolute atomic E-state index is 0.383.